The predicted octanol–water partition coefficient (Wildman–Crippen LogP) is 0.618. The molecular formula is C14H24N2O3. The van der Waals surface area contributed by atoms with Crippen molar-refractivity contribution in [3.05, 3.63) is 0 Å². The molecule has 5 heteroatoms. The molecule has 0 aromatic carbocycles. The van der Waals surface area contributed by atoms with Crippen molar-refractivity contribution < 1.29 is 14.7 Å². The zero-order valence-corrected chi connectivity index (χ0v) is 11.9. The summed E-state index contributed by atoms with van der Waals surface area (Å²) in [5.74, 6) is 0.197. The van der Waals surface area contributed by atoms with Gasteiger partial charge >= 0.3 is 0 Å². The van der Waals surface area contributed by atoms with E-state index in [0.29, 0.717) is 26.1 Å². The van der Waals surface area contributed by atoms with Gasteiger partial charge < -0.3 is 14.9 Å². The van der Waals surface area contributed by atoms with Gasteiger partial charge in [0, 0.05) is 13.0 Å². The van der Waals surface area contributed by atoms with Crippen molar-refractivity contribution in [2.24, 2.45) is 5.92 Å². The predicted molar refractivity (Wildman–Crippen MR) is 71.4 cm³/mol. The highest BCUT2D eigenvalue weighted by Crippen LogP contribution is 2.28. The first kappa shape index (κ1) is 14.3. The lowest BCUT2D eigenvalue weighted by molar-refractivity contribution is -0.166. The van der Waals surface area contributed by atoms with Crippen LogP contribution in [0.15, 0.2) is 0 Å². The Kier molecular flexibility index (Phi) is 4.13. The monoisotopic (exact) mass is 268 g/mol. The number of carbonyl (C=O) groups is 2. The lowest BCUT2D eigenvalue weighted by Gasteiger charge is -2.49. The number of carbonyl (C=O) groups excluding carboxylic acids is 2. The highest BCUT2D eigenvalue weighted by molar-refractivity contribution is 5.85. The van der Waals surface area contributed by atoms with Gasteiger partial charge in [-0.2, -0.15) is 0 Å². The molecule has 2 heterocycles. The first-order chi connectivity index (χ1) is 8.92. The van der Waals surface area contributed by atoms with Crippen molar-refractivity contribution in [2.45, 2.75) is 45.1 Å². The summed E-state index contributed by atoms with van der Waals surface area (Å²) in [4.78, 5) is 27.2. The molecule has 0 unspecified atom stereocenters. The zero-order chi connectivity index (χ0) is 14.0. The third kappa shape index (κ3) is 3.08. The second-order valence-corrected chi connectivity index (χ2v) is 6.13. The Bertz CT molecular complexity index is 362. The molecule has 0 spiro atoms. The van der Waals surface area contributed by atoms with Crippen LogP contribution in [0.2, 0.25) is 0 Å². The molecule has 2 aliphatic heterocycles. The number of hydrogen-bond donors (Lipinski definition) is 1. The number of rotatable bonds is 3. The summed E-state index contributed by atoms with van der Waals surface area (Å²) in [6.45, 7) is 5.57. The minimum Gasteiger partial charge on any atom is -0.386 e. The zero-order valence-electron chi connectivity index (χ0n) is 11.9. The van der Waals surface area contributed by atoms with E-state index in [9.17, 15) is 14.7 Å². The van der Waals surface area contributed by atoms with E-state index in [1.165, 1.54) is 0 Å². The van der Waals surface area contributed by atoms with E-state index < -0.39 is 5.60 Å². The molecular weight excluding hydrogens is 244 g/mol. The highest BCUT2D eigenvalue weighted by atomic mass is 16.3. The number of amides is 2. The van der Waals surface area contributed by atoms with Crippen LogP contribution in [0, 0.1) is 5.92 Å². The number of nitrogens with zero attached hydrogens (tertiary/aromatic N) is 2. The smallest absolute Gasteiger partial charge is 0.242 e. The van der Waals surface area contributed by atoms with Crippen LogP contribution >= 0.6 is 0 Å². The Morgan fingerprint density at radius 2 is 2.00 bits per heavy atom. The van der Waals surface area contributed by atoms with Gasteiger partial charge in [-0.1, -0.05) is 20.3 Å². The molecule has 108 valence electrons. The van der Waals surface area contributed by atoms with E-state index in [1.54, 1.807) is 9.80 Å². The Hall–Kier alpha value is -1.10. The number of likely N-dealkylation sites (tertiary alicyclic amines) is 2. The van der Waals surface area contributed by atoms with Crippen molar-refractivity contribution in [2.75, 3.05) is 26.2 Å². The molecule has 19 heavy (non-hydrogen) atoms. The number of hydrogen-bond acceptors (Lipinski definition) is 3. The van der Waals surface area contributed by atoms with Gasteiger partial charge in [0.1, 0.15) is 5.60 Å². The van der Waals surface area contributed by atoms with Gasteiger partial charge in [-0.15, -0.1) is 0 Å². The summed E-state index contributed by atoms with van der Waals surface area (Å²) < 4.78 is 0. The Balaban J connectivity index is 1.84. The molecule has 2 fully saturated rings. The SMILES string of the molecule is CC(C)C1(O)CN(C(=O)CN2CCCCCC2=O)C1. The van der Waals surface area contributed by atoms with Crippen molar-refractivity contribution in [3.63, 3.8) is 0 Å². The Labute approximate surface area is 114 Å². The fourth-order valence-electron chi connectivity index (χ4n) is 2.63. The number of aliphatic hydroxyl groups is 1. The Morgan fingerprint density at radius 3 is 2.63 bits per heavy atom. The van der Waals surface area contributed by atoms with E-state index in [-0.39, 0.29) is 24.3 Å². The molecule has 0 saturated carbocycles. The maximum atomic E-state index is 12.1. The lowest BCUT2D eigenvalue weighted by Crippen LogP contribution is -2.67. The molecule has 0 aromatic rings. The second-order valence-electron chi connectivity index (χ2n) is 6.13. The summed E-state index contributed by atoms with van der Waals surface area (Å²) in [5.41, 5.74) is -0.738. The van der Waals surface area contributed by atoms with E-state index in [2.05, 4.69) is 0 Å². The standard InChI is InChI=1S/C14H24N2O3/c1-11(2)14(19)9-16(10-14)13(18)8-15-7-5-3-4-6-12(15)17/h11,19H,3-10H2,1-2H3. The number of β-amino-alcohol motifs (C(OH)–C–C–N with tert-alkyl or cyclic N) is 1. The van der Waals surface area contributed by atoms with Crippen molar-refractivity contribution in [1.82, 2.24) is 9.80 Å². The van der Waals surface area contributed by atoms with E-state index in [1.807, 2.05) is 13.8 Å². The molecule has 2 aliphatic rings. The van der Waals surface area contributed by atoms with Crippen LogP contribution in [-0.2, 0) is 9.59 Å². The summed E-state index contributed by atoms with van der Waals surface area (Å²) in [6.07, 6.45) is 3.53. The van der Waals surface area contributed by atoms with Crippen LogP contribution in [0.3, 0.4) is 0 Å². The van der Waals surface area contributed by atoms with Crippen LogP contribution in [0.5, 0.6) is 0 Å². The van der Waals surface area contributed by atoms with E-state index in [0.717, 1.165) is 19.3 Å². The molecule has 0 aliphatic carbocycles. The quantitative estimate of drug-likeness (QED) is 0.816. The van der Waals surface area contributed by atoms with Crippen LogP contribution in [0.4, 0.5) is 0 Å². The van der Waals surface area contributed by atoms with Gasteiger partial charge in [0.2, 0.25) is 11.8 Å². The van der Waals surface area contributed by atoms with Gasteiger partial charge in [-0.05, 0) is 18.8 Å². The lowest BCUT2D eigenvalue weighted by atomic mass is 9.83. The molecule has 5 nitrogen and oxygen atoms in total. The van der Waals surface area contributed by atoms with Gasteiger partial charge in [-0.25, -0.2) is 0 Å². The Morgan fingerprint density at radius 1 is 1.32 bits per heavy atom. The maximum absolute atomic E-state index is 12.1. The maximum Gasteiger partial charge on any atom is 0.242 e. The van der Waals surface area contributed by atoms with Gasteiger partial charge in [0.05, 0.1) is 19.6 Å². The van der Waals surface area contributed by atoms with E-state index in [4.69, 9.17) is 0 Å². The average Bonchev–Trinajstić information content (AvgIpc) is 2.50. The molecule has 0 atom stereocenters. The first-order valence-corrected chi connectivity index (χ1v) is 7.20. The minimum atomic E-state index is -0.738. The molecule has 2 saturated heterocycles. The van der Waals surface area contributed by atoms with Crippen LogP contribution < -0.4 is 0 Å². The van der Waals surface area contributed by atoms with Gasteiger partial charge in [0.15, 0.2) is 0 Å². The van der Waals surface area contributed by atoms with Crippen LogP contribution in [0.25, 0.3) is 0 Å². The van der Waals surface area contributed by atoms with Gasteiger partial charge in [-0.3, -0.25) is 9.59 Å². The molecule has 2 rings (SSSR count). The third-order valence-corrected chi connectivity index (χ3v) is 4.35. The molecule has 0 radical (unpaired) electrons. The van der Waals surface area contributed by atoms with Crippen molar-refractivity contribution in [3.8, 4) is 0 Å². The van der Waals surface area contributed by atoms with Crippen molar-refractivity contribution in [1.29, 1.82) is 0 Å². The molecule has 0 bridgehead atoms. The average molecular weight is 268 g/mol. The molecule has 0 aromatic heterocycles. The van der Waals surface area contributed by atoms with Gasteiger partial charge in [0.25, 0.3) is 0 Å². The fraction of sp³-hybridized carbons (Fsp3) is 0.857. The van der Waals surface area contributed by atoms with Crippen LogP contribution in [0.1, 0.15) is 39.5 Å². The van der Waals surface area contributed by atoms with Crippen molar-refractivity contribution >= 4 is 11.8 Å². The normalized spacial score (nSPS) is 23.3. The fourth-order valence-corrected chi connectivity index (χ4v) is 2.63. The first-order valence-electron chi connectivity index (χ1n) is 7.20. The molecule has 2 amide bonds. The van der Waals surface area contributed by atoms with Crippen LogP contribution in [-0.4, -0.2) is 58.5 Å². The minimum absolute atomic E-state index is 0.0411. The summed E-state index contributed by atoms with van der Waals surface area (Å²) >= 11 is 0. The summed E-state index contributed by atoms with van der Waals surface area (Å²) in [5, 5.41) is 10.1. The van der Waals surface area contributed by atoms with E-state index >= 15 is 0 Å². The highest BCUT2D eigenvalue weighted by Gasteiger charge is 2.45. The summed E-state index contributed by atoms with van der Waals surface area (Å²) in [6, 6.07) is 0. The summed E-state index contributed by atoms with van der Waals surface area (Å²) in [7, 11) is 0. The largest absolute Gasteiger partial charge is 0.386 e. The molecule has 1 N–H and O–H groups in total. The topological polar surface area (TPSA) is 60.9 Å². The second kappa shape index (κ2) is 5.49. The third-order valence-electron chi connectivity index (χ3n) is 4.35.